The van der Waals surface area contributed by atoms with Crippen molar-refractivity contribution in [2.45, 2.75) is 11.8 Å². The maximum absolute atomic E-state index is 12.3. The molecule has 0 aliphatic heterocycles. The van der Waals surface area contributed by atoms with Crippen molar-refractivity contribution in [1.29, 1.82) is 0 Å². The summed E-state index contributed by atoms with van der Waals surface area (Å²) in [7, 11) is 0.122. The van der Waals surface area contributed by atoms with Gasteiger partial charge in [-0.25, -0.2) is 17.5 Å². The first-order valence-corrected chi connectivity index (χ1v) is 7.49. The van der Waals surface area contributed by atoms with E-state index in [0.29, 0.717) is 0 Å². The van der Waals surface area contributed by atoms with Gasteiger partial charge in [0.1, 0.15) is 10.6 Å². The molecule has 0 aliphatic rings. The van der Waals surface area contributed by atoms with Crippen molar-refractivity contribution in [3.05, 3.63) is 18.0 Å². The molecular weight excluding hydrogens is 300 g/mol. The van der Waals surface area contributed by atoms with Crippen LogP contribution in [-0.4, -0.2) is 55.0 Å². The first-order valence-electron chi connectivity index (χ1n) is 6.05. The van der Waals surface area contributed by atoms with Gasteiger partial charge in [0.15, 0.2) is 0 Å². The molecule has 1 N–H and O–H groups in total. The number of methoxy groups -OCH3 is 1. The fourth-order valence-corrected chi connectivity index (χ4v) is 3.16. The third-order valence-electron chi connectivity index (χ3n) is 3.04. The SMILES string of the molecule is COC(=O)C(C)CN(C)S(=O)(=O)c1cc(C(=O)O)n(C)c1. The number of ether oxygens (including phenoxy) is 1. The molecule has 1 aromatic rings. The molecule has 1 rings (SSSR count). The Bertz CT molecular complexity index is 649. The van der Waals surface area contributed by atoms with Crippen molar-refractivity contribution in [1.82, 2.24) is 8.87 Å². The normalized spacial score (nSPS) is 13.2. The predicted molar refractivity (Wildman–Crippen MR) is 73.4 cm³/mol. The highest BCUT2D eigenvalue weighted by molar-refractivity contribution is 7.89. The van der Waals surface area contributed by atoms with Gasteiger partial charge in [0.05, 0.1) is 13.0 Å². The summed E-state index contributed by atoms with van der Waals surface area (Å²) in [5.74, 6) is -2.36. The molecule has 0 aliphatic carbocycles. The molecule has 21 heavy (non-hydrogen) atoms. The van der Waals surface area contributed by atoms with Gasteiger partial charge >= 0.3 is 11.9 Å². The minimum atomic E-state index is -3.87. The molecule has 1 atom stereocenters. The summed E-state index contributed by atoms with van der Waals surface area (Å²) in [6, 6.07) is 1.08. The summed E-state index contributed by atoms with van der Waals surface area (Å²) in [6.45, 7) is 1.48. The molecular formula is C12H18N2O6S. The number of rotatable bonds is 6. The van der Waals surface area contributed by atoms with E-state index in [1.807, 2.05) is 0 Å². The number of hydrogen-bond acceptors (Lipinski definition) is 5. The Hall–Kier alpha value is -1.87. The number of carboxylic acid groups (broad SMARTS) is 1. The van der Waals surface area contributed by atoms with E-state index in [2.05, 4.69) is 4.74 Å². The molecule has 0 saturated heterocycles. The molecule has 1 heterocycles. The average Bonchev–Trinajstić information content (AvgIpc) is 2.80. The van der Waals surface area contributed by atoms with E-state index in [1.165, 1.54) is 32.0 Å². The van der Waals surface area contributed by atoms with E-state index in [9.17, 15) is 18.0 Å². The van der Waals surface area contributed by atoms with Crippen LogP contribution >= 0.6 is 0 Å². The zero-order valence-electron chi connectivity index (χ0n) is 12.2. The predicted octanol–water partition coefficient (Wildman–Crippen LogP) is 0.153. The van der Waals surface area contributed by atoms with E-state index < -0.39 is 27.9 Å². The van der Waals surface area contributed by atoms with Crippen LogP contribution in [0.3, 0.4) is 0 Å². The summed E-state index contributed by atoms with van der Waals surface area (Å²) < 4.78 is 31.4. The van der Waals surface area contributed by atoms with Crippen molar-refractivity contribution < 1.29 is 27.9 Å². The molecule has 0 aromatic carbocycles. The highest BCUT2D eigenvalue weighted by Crippen LogP contribution is 2.18. The molecule has 9 heteroatoms. The second-order valence-electron chi connectivity index (χ2n) is 4.69. The molecule has 1 aromatic heterocycles. The van der Waals surface area contributed by atoms with Gasteiger partial charge in [-0.3, -0.25) is 4.79 Å². The average molecular weight is 318 g/mol. The second-order valence-corrected chi connectivity index (χ2v) is 6.73. The lowest BCUT2D eigenvalue weighted by Crippen LogP contribution is -2.34. The number of sulfonamides is 1. The van der Waals surface area contributed by atoms with Crippen LogP contribution in [0.5, 0.6) is 0 Å². The van der Waals surface area contributed by atoms with E-state index in [1.54, 1.807) is 6.92 Å². The number of esters is 1. The molecule has 0 fully saturated rings. The first-order chi connectivity index (χ1) is 9.61. The van der Waals surface area contributed by atoms with Crippen molar-refractivity contribution in [2.75, 3.05) is 20.7 Å². The second kappa shape index (κ2) is 6.27. The Labute approximate surface area is 123 Å². The van der Waals surface area contributed by atoms with E-state index in [-0.39, 0.29) is 17.1 Å². The number of nitrogens with zero attached hydrogens (tertiary/aromatic N) is 2. The van der Waals surface area contributed by atoms with Crippen molar-refractivity contribution >= 4 is 22.0 Å². The van der Waals surface area contributed by atoms with Crippen LogP contribution < -0.4 is 0 Å². The van der Waals surface area contributed by atoms with Gasteiger partial charge in [0.2, 0.25) is 10.0 Å². The number of aromatic carboxylic acids is 1. The number of carbonyl (C=O) groups is 2. The van der Waals surface area contributed by atoms with Gasteiger partial charge < -0.3 is 14.4 Å². The molecule has 8 nitrogen and oxygen atoms in total. The van der Waals surface area contributed by atoms with Crippen LogP contribution in [0.15, 0.2) is 17.2 Å². The Morgan fingerprint density at radius 1 is 1.48 bits per heavy atom. The lowest BCUT2D eigenvalue weighted by atomic mass is 10.2. The largest absolute Gasteiger partial charge is 0.477 e. The highest BCUT2D eigenvalue weighted by atomic mass is 32.2. The topological polar surface area (TPSA) is 106 Å². The fourth-order valence-electron chi connectivity index (χ4n) is 1.83. The summed E-state index contributed by atoms with van der Waals surface area (Å²) in [4.78, 5) is 22.1. The maximum Gasteiger partial charge on any atom is 0.352 e. The van der Waals surface area contributed by atoms with Crippen molar-refractivity contribution in [2.24, 2.45) is 13.0 Å². The highest BCUT2D eigenvalue weighted by Gasteiger charge is 2.27. The molecule has 0 saturated carbocycles. The van der Waals surface area contributed by atoms with Crippen LogP contribution in [-0.2, 0) is 26.6 Å². The third-order valence-corrected chi connectivity index (χ3v) is 4.83. The Morgan fingerprint density at radius 3 is 2.48 bits per heavy atom. The Kier molecular flexibility index (Phi) is 5.13. The quantitative estimate of drug-likeness (QED) is 0.749. The lowest BCUT2D eigenvalue weighted by Gasteiger charge is -2.19. The summed E-state index contributed by atoms with van der Waals surface area (Å²) in [5, 5.41) is 8.94. The van der Waals surface area contributed by atoms with Crippen LogP contribution in [0.2, 0.25) is 0 Å². The molecule has 0 radical (unpaired) electrons. The number of carboxylic acids is 1. The summed E-state index contributed by atoms with van der Waals surface area (Å²) >= 11 is 0. The van der Waals surface area contributed by atoms with Crippen molar-refractivity contribution in [3.63, 3.8) is 0 Å². The van der Waals surface area contributed by atoms with Crippen LogP contribution in [0, 0.1) is 5.92 Å². The number of aromatic nitrogens is 1. The van der Waals surface area contributed by atoms with Crippen molar-refractivity contribution in [3.8, 4) is 0 Å². The zero-order valence-corrected chi connectivity index (χ0v) is 13.0. The smallest absolute Gasteiger partial charge is 0.352 e. The van der Waals surface area contributed by atoms with Gasteiger partial charge in [-0.15, -0.1) is 0 Å². The van der Waals surface area contributed by atoms with Crippen LogP contribution in [0.25, 0.3) is 0 Å². The minimum Gasteiger partial charge on any atom is -0.477 e. The molecule has 0 amide bonds. The summed E-state index contributed by atoms with van der Waals surface area (Å²) in [6.07, 6.45) is 1.22. The zero-order chi connectivity index (χ0) is 16.4. The Morgan fingerprint density at radius 2 is 2.05 bits per heavy atom. The lowest BCUT2D eigenvalue weighted by molar-refractivity contribution is -0.144. The maximum atomic E-state index is 12.3. The van der Waals surface area contributed by atoms with E-state index >= 15 is 0 Å². The number of hydrogen-bond donors (Lipinski definition) is 1. The van der Waals surface area contributed by atoms with Gasteiger partial charge in [0.25, 0.3) is 0 Å². The molecule has 0 spiro atoms. The molecule has 118 valence electrons. The minimum absolute atomic E-state index is 0.0632. The standard InChI is InChI=1S/C12H18N2O6S/c1-8(12(17)20-4)6-14(3)21(18,19)9-5-10(11(15)16)13(2)7-9/h5,7-8H,6H2,1-4H3,(H,15,16). The van der Waals surface area contributed by atoms with Gasteiger partial charge in [-0.05, 0) is 6.07 Å². The molecule has 0 bridgehead atoms. The van der Waals surface area contributed by atoms with Crippen LogP contribution in [0.4, 0.5) is 0 Å². The van der Waals surface area contributed by atoms with Crippen LogP contribution in [0.1, 0.15) is 17.4 Å². The summed E-state index contributed by atoms with van der Waals surface area (Å²) in [5.41, 5.74) is -0.136. The number of aryl methyl sites for hydroxylation is 1. The number of carbonyl (C=O) groups excluding carboxylic acids is 1. The van der Waals surface area contributed by atoms with Gasteiger partial charge in [0, 0.05) is 26.8 Å². The van der Waals surface area contributed by atoms with Gasteiger partial charge in [-0.1, -0.05) is 6.92 Å². The first kappa shape index (κ1) is 17.2. The van der Waals surface area contributed by atoms with E-state index in [0.717, 1.165) is 10.4 Å². The van der Waals surface area contributed by atoms with Gasteiger partial charge in [-0.2, -0.15) is 0 Å². The molecule has 1 unspecified atom stereocenters. The third kappa shape index (κ3) is 3.61. The van der Waals surface area contributed by atoms with E-state index in [4.69, 9.17) is 5.11 Å². The monoisotopic (exact) mass is 318 g/mol. The fraction of sp³-hybridized carbons (Fsp3) is 0.500. The Balaban J connectivity index is 3.03.